The summed E-state index contributed by atoms with van der Waals surface area (Å²) >= 11 is 0. The minimum Gasteiger partial charge on any atom is -0.465 e. The second-order valence-electron chi connectivity index (χ2n) is 7.89. The van der Waals surface area contributed by atoms with E-state index in [-0.39, 0.29) is 19.3 Å². The quantitative estimate of drug-likeness (QED) is 0.200. The molecule has 1 rings (SSSR count). The second-order valence-corrected chi connectivity index (χ2v) is 7.89. The van der Waals surface area contributed by atoms with Crippen molar-refractivity contribution in [1.29, 1.82) is 0 Å². The number of carbonyl (C=O) groups is 2. The molecule has 0 saturated carbocycles. The molecule has 0 aromatic heterocycles. The Kier molecular flexibility index (Phi) is 14.0. The molecular formula is C21H18F16O9. The van der Waals surface area contributed by atoms with Crippen molar-refractivity contribution in [3.63, 3.8) is 0 Å². The number of alkyl halides is 16. The molecule has 0 amide bonds. The van der Waals surface area contributed by atoms with Crippen molar-refractivity contribution in [3.05, 3.63) is 29.3 Å². The van der Waals surface area contributed by atoms with Crippen molar-refractivity contribution in [1.82, 2.24) is 0 Å². The van der Waals surface area contributed by atoms with Crippen LogP contribution in [0.4, 0.5) is 70.2 Å². The largest absolute Gasteiger partial charge is 0.465 e. The highest BCUT2D eigenvalue weighted by Gasteiger charge is 2.84. The number of aliphatic hydroxyl groups excluding tert-OH is 2. The van der Waals surface area contributed by atoms with Gasteiger partial charge in [-0.05, 0) is 24.6 Å². The highest BCUT2D eigenvalue weighted by atomic mass is 19.4. The molecule has 268 valence electrons. The van der Waals surface area contributed by atoms with Gasteiger partial charge in [-0.25, -0.2) is 14.0 Å². The van der Waals surface area contributed by atoms with Crippen LogP contribution >= 0.6 is 0 Å². The van der Waals surface area contributed by atoms with Gasteiger partial charge in [-0.15, -0.1) is 0 Å². The van der Waals surface area contributed by atoms with Gasteiger partial charge < -0.3 is 24.4 Å². The monoisotopic (exact) mass is 718 g/mol. The number of esters is 2. The normalized spacial score (nSPS) is 15.2. The van der Waals surface area contributed by atoms with Crippen LogP contribution in [0.15, 0.2) is 18.2 Å². The highest BCUT2D eigenvalue weighted by molar-refractivity contribution is 5.96. The predicted octanol–water partition coefficient (Wildman–Crippen LogP) is 5.53. The average molecular weight is 718 g/mol. The Bertz CT molecular complexity index is 1170. The van der Waals surface area contributed by atoms with Crippen LogP contribution in [0.25, 0.3) is 0 Å². The number of aliphatic hydroxyl groups is 2. The Balaban J connectivity index is 0.00000373. The van der Waals surface area contributed by atoms with Gasteiger partial charge in [-0.3, -0.25) is 9.47 Å². The summed E-state index contributed by atoms with van der Waals surface area (Å²) in [7, 11) is 1.33. The second kappa shape index (κ2) is 15.1. The summed E-state index contributed by atoms with van der Waals surface area (Å²) in [4.78, 5) is 23.2. The molecular weight excluding hydrogens is 700 g/mol. The van der Waals surface area contributed by atoms with Gasteiger partial charge in [-0.2, -0.15) is 65.9 Å². The fourth-order valence-electron chi connectivity index (χ4n) is 2.36. The van der Waals surface area contributed by atoms with Crippen LogP contribution in [0.5, 0.6) is 5.75 Å². The summed E-state index contributed by atoms with van der Waals surface area (Å²) in [6.07, 6.45) is -41.9. The van der Waals surface area contributed by atoms with Crippen molar-refractivity contribution in [2.75, 3.05) is 27.4 Å². The zero-order chi connectivity index (χ0) is 36.7. The number of carbonyl (C=O) groups excluding carboxylic acids is 2. The molecule has 1 aromatic rings. The molecule has 2 unspecified atom stereocenters. The van der Waals surface area contributed by atoms with Gasteiger partial charge in [-0.1, -0.05) is 0 Å². The number of hydrogen-bond acceptors (Lipinski definition) is 9. The summed E-state index contributed by atoms with van der Waals surface area (Å²) in [5.41, 5.74) is -1.97. The molecule has 9 nitrogen and oxygen atoms in total. The highest BCUT2D eigenvalue weighted by Crippen LogP contribution is 2.55. The molecule has 0 spiro atoms. The summed E-state index contributed by atoms with van der Waals surface area (Å²) in [6, 6.07) is 1.23. The molecule has 0 heterocycles. The van der Waals surface area contributed by atoms with Crippen molar-refractivity contribution in [2.45, 2.75) is 55.2 Å². The van der Waals surface area contributed by atoms with Gasteiger partial charge in [0.25, 0.3) is 0 Å². The summed E-state index contributed by atoms with van der Waals surface area (Å²) < 4.78 is 227. The maximum absolute atomic E-state index is 14.2. The number of methoxy groups -OCH3 is 2. The van der Waals surface area contributed by atoms with Crippen LogP contribution in [-0.4, -0.2) is 98.4 Å². The van der Waals surface area contributed by atoms with Crippen LogP contribution in [0.2, 0.25) is 0 Å². The molecule has 0 radical (unpaired) electrons. The lowest BCUT2D eigenvalue weighted by molar-refractivity contribution is -0.543. The maximum atomic E-state index is 14.2. The van der Waals surface area contributed by atoms with E-state index in [4.69, 9.17) is 10.2 Å². The Labute approximate surface area is 244 Å². The van der Waals surface area contributed by atoms with Gasteiger partial charge in [0.2, 0.25) is 0 Å². The molecule has 2 N–H and O–H groups in total. The minimum atomic E-state index is -7.87. The summed E-state index contributed by atoms with van der Waals surface area (Å²) in [6.45, 7) is 0.188. The Morgan fingerprint density at radius 2 is 1.22 bits per heavy atom. The van der Waals surface area contributed by atoms with Gasteiger partial charge in [0.15, 0.2) is 0 Å². The first kappa shape index (κ1) is 42.7. The van der Waals surface area contributed by atoms with Gasteiger partial charge in [0.1, 0.15) is 11.3 Å². The van der Waals surface area contributed by atoms with E-state index in [0.717, 1.165) is 7.11 Å². The number of ether oxygens (including phenoxy) is 5. The molecule has 0 aliphatic rings. The first-order chi connectivity index (χ1) is 20.5. The lowest BCUT2D eigenvalue weighted by Gasteiger charge is -2.38. The molecule has 0 aliphatic heterocycles. The molecule has 0 aliphatic carbocycles. The third-order valence-electron chi connectivity index (χ3n) is 4.62. The van der Waals surface area contributed by atoms with E-state index in [1.165, 1.54) is 4.74 Å². The number of hydrogen-bond donors (Lipinski definition) is 2. The van der Waals surface area contributed by atoms with Crippen LogP contribution in [0.1, 0.15) is 27.1 Å². The molecule has 0 fully saturated rings. The molecule has 0 bridgehead atoms. The van der Waals surface area contributed by atoms with Gasteiger partial charge in [0, 0.05) is 13.2 Å². The van der Waals surface area contributed by atoms with Crippen LogP contribution in [0, 0.1) is 0 Å². The molecule has 1 aromatic carbocycles. The topological polar surface area (TPSA) is 121 Å². The fraction of sp³-hybridized carbons (Fsp3) is 0.619. The van der Waals surface area contributed by atoms with Crippen molar-refractivity contribution in [2.24, 2.45) is 0 Å². The third kappa shape index (κ3) is 9.60. The van der Waals surface area contributed by atoms with E-state index in [0.29, 0.717) is 25.7 Å². The Hall–Kier alpha value is -3.32. The van der Waals surface area contributed by atoms with Crippen molar-refractivity contribution < 1.29 is 114 Å². The van der Waals surface area contributed by atoms with Gasteiger partial charge in [0.05, 0.1) is 19.8 Å². The third-order valence-corrected chi connectivity index (χ3v) is 4.62. The van der Waals surface area contributed by atoms with E-state index in [9.17, 15) is 79.8 Å². The minimum absolute atomic E-state index is 0.0938. The van der Waals surface area contributed by atoms with Crippen molar-refractivity contribution in [3.8, 4) is 5.75 Å². The Morgan fingerprint density at radius 1 is 0.739 bits per heavy atom. The first-order valence-corrected chi connectivity index (χ1v) is 11.1. The molecule has 2 atom stereocenters. The number of halogens is 16. The van der Waals surface area contributed by atoms with Crippen molar-refractivity contribution >= 4 is 11.9 Å². The summed E-state index contributed by atoms with van der Waals surface area (Å²) in [5, 5.41) is 15.8. The Morgan fingerprint density at radius 3 is 1.59 bits per heavy atom. The maximum Gasteiger partial charge on any atom is 0.462 e. The lowest BCUT2D eigenvalue weighted by Crippen LogP contribution is -2.66. The predicted molar refractivity (Wildman–Crippen MR) is 111 cm³/mol. The molecule has 0 saturated heterocycles. The van der Waals surface area contributed by atoms with Crippen LogP contribution in [0.3, 0.4) is 0 Å². The zero-order valence-electron chi connectivity index (χ0n) is 22.2. The number of benzene rings is 1. The standard InChI is InChI=1S/C18H10F16O7.C3H8O2/c1-37-9(35)6-3-4-7(10(36)38-2)8(5-6)39-12(20,21)11(19)40-18(33,34)14(24,16(28,29)30)41-17(31,32)13(22,23)15(25,26)27;4-2-1-3-5/h3-5,11H,1-2H3;4-5H,1-3H2. The summed E-state index contributed by atoms with van der Waals surface area (Å²) in [5.74, 6) is -20.4. The van der Waals surface area contributed by atoms with Crippen LogP contribution < -0.4 is 4.74 Å². The number of rotatable bonds is 13. The van der Waals surface area contributed by atoms with E-state index < -0.39 is 77.6 Å². The van der Waals surface area contributed by atoms with Gasteiger partial charge >= 0.3 is 60.8 Å². The zero-order valence-corrected chi connectivity index (χ0v) is 22.2. The SMILES string of the molecule is COC(=O)c1ccc(C(=O)OC)c(OC(F)(F)C(F)OC(F)(F)C(F)(OC(F)(F)C(F)(F)C(F)(F)F)C(F)(F)F)c1.OCCCO. The lowest BCUT2D eigenvalue weighted by atomic mass is 10.1. The van der Waals surface area contributed by atoms with E-state index in [2.05, 4.69) is 18.9 Å². The first-order valence-electron chi connectivity index (χ1n) is 11.1. The van der Waals surface area contributed by atoms with Crippen LogP contribution in [-0.2, 0) is 18.9 Å². The average Bonchev–Trinajstić information content (AvgIpc) is 2.90. The fourth-order valence-corrected chi connectivity index (χ4v) is 2.36. The smallest absolute Gasteiger partial charge is 0.462 e. The van der Waals surface area contributed by atoms with E-state index in [1.807, 2.05) is 0 Å². The molecule has 46 heavy (non-hydrogen) atoms. The van der Waals surface area contributed by atoms with E-state index in [1.54, 1.807) is 0 Å². The molecule has 25 heteroatoms. The van der Waals surface area contributed by atoms with E-state index >= 15 is 0 Å².